The minimum Gasteiger partial charge on any atom is -0.507 e. The number of carbonyl (C=O) groups is 2. The highest BCUT2D eigenvalue weighted by atomic mass is 16.5. The number of aliphatic hydroxyl groups excluding tert-OH is 1. The quantitative estimate of drug-likeness (QED) is 0.194. The van der Waals surface area contributed by atoms with E-state index in [0.717, 1.165) is 21.9 Å². The highest BCUT2D eigenvalue weighted by molar-refractivity contribution is 6.51. The molecule has 0 spiro atoms. The van der Waals surface area contributed by atoms with Gasteiger partial charge in [0.1, 0.15) is 11.5 Å². The number of benzene rings is 4. The van der Waals surface area contributed by atoms with E-state index in [0.29, 0.717) is 17.0 Å². The molecule has 1 aliphatic heterocycles. The number of methoxy groups -OCH3 is 1. The van der Waals surface area contributed by atoms with Crippen LogP contribution in [-0.4, -0.2) is 23.9 Å². The van der Waals surface area contributed by atoms with E-state index in [1.807, 2.05) is 60.7 Å². The molecule has 1 saturated heterocycles. The average Bonchev–Trinajstić information content (AvgIpc) is 3.17. The topological polar surface area (TPSA) is 66.8 Å². The van der Waals surface area contributed by atoms with Gasteiger partial charge in [-0.1, -0.05) is 87.5 Å². The molecule has 5 nitrogen and oxygen atoms in total. The van der Waals surface area contributed by atoms with Crippen LogP contribution in [0.5, 0.6) is 5.75 Å². The molecule has 1 amide bonds. The molecule has 1 heterocycles. The molecular formula is C32H29NO4. The second-order valence-electron chi connectivity index (χ2n) is 10.3. The third kappa shape index (κ3) is 4.27. The van der Waals surface area contributed by atoms with Crippen LogP contribution < -0.4 is 9.64 Å². The first kappa shape index (κ1) is 24.3. The molecule has 0 radical (unpaired) electrons. The standard InChI is InChI=1S/C32H29NO4/c1-32(2,3)22-14-12-21(13-15-22)28-27(29(34)26-11-7-9-20-8-5-6-10-25(20)26)30(35)31(36)33(28)23-16-18-24(37-4)19-17-23/h5-19,28,34H,1-4H3/b29-27-. The van der Waals surface area contributed by atoms with Crippen molar-refractivity contribution in [3.63, 3.8) is 0 Å². The summed E-state index contributed by atoms with van der Waals surface area (Å²) in [5.41, 5.74) is 2.95. The molecule has 186 valence electrons. The molecule has 0 aliphatic carbocycles. The highest BCUT2D eigenvalue weighted by Crippen LogP contribution is 2.43. The Morgan fingerprint density at radius 1 is 0.838 bits per heavy atom. The summed E-state index contributed by atoms with van der Waals surface area (Å²) in [5, 5.41) is 13.4. The fourth-order valence-electron chi connectivity index (χ4n) is 4.90. The van der Waals surface area contributed by atoms with Gasteiger partial charge in [0.2, 0.25) is 0 Å². The molecule has 5 rings (SSSR count). The van der Waals surface area contributed by atoms with Gasteiger partial charge in [-0.15, -0.1) is 0 Å². The predicted octanol–water partition coefficient (Wildman–Crippen LogP) is 6.77. The van der Waals surface area contributed by atoms with Crippen molar-refractivity contribution in [3.8, 4) is 5.75 Å². The number of aliphatic hydroxyl groups is 1. The van der Waals surface area contributed by atoms with Crippen LogP contribution in [0.15, 0.2) is 96.6 Å². The van der Waals surface area contributed by atoms with Crippen LogP contribution in [0.25, 0.3) is 16.5 Å². The Balaban J connectivity index is 1.73. The molecule has 37 heavy (non-hydrogen) atoms. The van der Waals surface area contributed by atoms with Gasteiger partial charge >= 0.3 is 0 Å². The van der Waals surface area contributed by atoms with Gasteiger partial charge in [-0.3, -0.25) is 14.5 Å². The van der Waals surface area contributed by atoms with E-state index in [9.17, 15) is 14.7 Å². The van der Waals surface area contributed by atoms with Crippen molar-refractivity contribution in [2.24, 2.45) is 0 Å². The maximum atomic E-state index is 13.5. The first-order valence-corrected chi connectivity index (χ1v) is 12.2. The number of Topliss-reactive ketones (excluding diaryl/α,β-unsaturated/α-hetero) is 1. The zero-order chi connectivity index (χ0) is 26.3. The number of rotatable bonds is 4. The molecule has 1 N–H and O–H groups in total. The first-order chi connectivity index (χ1) is 17.7. The molecular weight excluding hydrogens is 462 g/mol. The van der Waals surface area contributed by atoms with Gasteiger partial charge in [-0.05, 0) is 51.6 Å². The minimum atomic E-state index is -0.790. The molecule has 0 saturated carbocycles. The van der Waals surface area contributed by atoms with Gasteiger partial charge < -0.3 is 9.84 Å². The van der Waals surface area contributed by atoms with E-state index < -0.39 is 17.7 Å². The van der Waals surface area contributed by atoms with Crippen LogP contribution in [0.2, 0.25) is 0 Å². The number of hydrogen-bond acceptors (Lipinski definition) is 4. The average molecular weight is 492 g/mol. The summed E-state index contributed by atoms with van der Waals surface area (Å²) in [6.07, 6.45) is 0. The van der Waals surface area contributed by atoms with Gasteiger partial charge in [0.05, 0.1) is 18.7 Å². The summed E-state index contributed by atoms with van der Waals surface area (Å²) < 4.78 is 5.27. The Hall–Kier alpha value is -4.38. The molecule has 4 aromatic rings. The number of fused-ring (bicyclic) bond motifs is 1. The second-order valence-corrected chi connectivity index (χ2v) is 10.3. The lowest BCUT2D eigenvalue weighted by molar-refractivity contribution is -0.132. The van der Waals surface area contributed by atoms with Crippen molar-refractivity contribution in [2.45, 2.75) is 32.2 Å². The van der Waals surface area contributed by atoms with Gasteiger partial charge in [-0.25, -0.2) is 0 Å². The van der Waals surface area contributed by atoms with Crippen molar-refractivity contribution in [1.29, 1.82) is 0 Å². The fourth-order valence-corrected chi connectivity index (χ4v) is 4.90. The number of nitrogens with zero attached hydrogens (tertiary/aromatic N) is 1. The third-order valence-electron chi connectivity index (χ3n) is 6.93. The van der Waals surface area contributed by atoms with E-state index in [-0.39, 0.29) is 16.7 Å². The number of anilines is 1. The Bertz CT molecular complexity index is 1520. The molecule has 1 unspecified atom stereocenters. The first-order valence-electron chi connectivity index (χ1n) is 12.2. The number of ketones is 1. The highest BCUT2D eigenvalue weighted by Gasteiger charge is 2.47. The van der Waals surface area contributed by atoms with Crippen molar-refractivity contribution < 1.29 is 19.4 Å². The zero-order valence-corrected chi connectivity index (χ0v) is 21.4. The number of amides is 1. The molecule has 4 aromatic carbocycles. The second kappa shape index (κ2) is 9.25. The summed E-state index contributed by atoms with van der Waals surface area (Å²) >= 11 is 0. The van der Waals surface area contributed by atoms with E-state index in [2.05, 4.69) is 20.8 Å². The Kier molecular flexibility index (Phi) is 6.08. The summed E-state index contributed by atoms with van der Waals surface area (Å²) in [6, 6.07) is 27.3. The number of carbonyl (C=O) groups excluding carboxylic acids is 2. The zero-order valence-electron chi connectivity index (χ0n) is 21.4. The van der Waals surface area contributed by atoms with Gasteiger partial charge in [-0.2, -0.15) is 0 Å². The molecule has 5 heteroatoms. The number of ether oxygens (including phenoxy) is 1. The lowest BCUT2D eigenvalue weighted by atomic mass is 9.85. The molecule has 1 atom stereocenters. The van der Waals surface area contributed by atoms with Crippen LogP contribution in [-0.2, 0) is 15.0 Å². The van der Waals surface area contributed by atoms with Crippen molar-refractivity contribution in [3.05, 3.63) is 113 Å². The molecule has 1 aliphatic rings. The summed E-state index contributed by atoms with van der Waals surface area (Å²) in [6.45, 7) is 6.39. The van der Waals surface area contributed by atoms with E-state index in [1.165, 1.54) is 4.90 Å². The van der Waals surface area contributed by atoms with Crippen LogP contribution in [0.4, 0.5) is 5.69 Å². The van der Waals surface area contributed by atoms with Crippen molar-refractivity contribution in [1.82, 2.24) is 0 Å². The largest absolute Gasteiger partial charge is 0.507 e. The Morgan fingerprint density at radius 2 is 1.49 bits per heavy atom. The number of hydrogen-bond donors (Lipinski definition) is 1. The monoisotopic (exact) mass is 491 g/mol. The normalized spacial score (nSPS) is 17.4. The molecule has 1 fully saturated rings. The Labute approximate surface area is 216 Å². The lowest BCUT2D eigenvalue weighted by Gasteiger charge is -2.27. The van der Waals surface area contributed by atoms with Gasteiger partial charge in [0, 0.05) is 11.3 Å². The molecule has 0 bridgehead atoms. The van der Waals surface area contributed by atoms with Crippen LogP contribution in [0.3, 0.4) is 0 Å². The lowest BCUT2D eigenvalue weighted by Crippen LogP contribution is -2.29. The van der Waals surface area contributed by atoms with E-state index in [1.54, 1.807) is 37.4 Å². The summed E-state index contributed by atoms with van der Waals surface area (Å²) in [4.78, 5) is 28.5. The van der Waals surface area contributed by atoms with Crippen molar-refractivity contribution in [2.75, 3.05) is 12.0 Å². The van der Waals surface area contributed by atoms with Gasteiger partial charge in [0.25, 0.3) is 11.7 Å². The SMILES string of the molecule is COc1ccc(N2C(=O)C(=O)/C(=C(\O)c3cccc4ccccc34)C2c2ccc(C(C)(C)C)cc2)cc1. The van der Waals surface area contributed by atoms with Crippen LogP contribution in [0, 0.1) is 0 Å². The van der Waals surface area contributed by atoms with E-state index >= 15 is 0 Å². The third-order valence-corrected chi connectivity index (χ3v) is 6.93. The predicted molar refractivity (Wildman–Crippen MR) is 147 cm³/mol. The van der Waals surface area contributed by atoms with E-state index in [4.69, 9.17) is 4.74 Å². The summed E-state index contributed by atoms with van der Waals surface area (Å²) in [5.74, 6) is -0.943. The van der Waals surface area contributed by atoms with Gasteiger partial charge in [0.15, 0.2) is 0 Å². The minimum absolute atomic E-state index is 0.0563. The smallest absolute Gasteiger partial charge is 0.300 e. The van der Waals surface area contributed by atoms with Crippen molar-refractivity contribution >= 4 is 33.9 Å². The Morgan fingerprint density at radius 3 is 2.14 bits per heavy atom. The molecule has 0 aromatic heterocycles. The fraction of sp³-hybridized carbons (Fsp3) is 0.188. The maximum absolute atomic E-state index is 13.5. The summed E-state index contributed by atoms with van der Waals surface area (Å²) in [7, 11) is 1.57. The van der Waals surface area contributed by atoms with Crippen LogP contribution >= 0.6 is 0 Å². The van der Waals surface area contributed by atoms with Crippen LogP contribution in [0.1, 0.15) is 43.5 Å². The maximum Gasteiger partial charge on any atom is 0.300 e.